The molecule has 98 valence electrons. The van der Waals surface area contributed by atoms with Crippen LogP contribution in [0.15, 0.2) is 24.4 Å². The molecular formula is C13H18N2O3. The summed E-state index contributed by atoms with van der Waals surface area (Å²) in [5, 5.41) is 0. The van der Waals surface area contributed by atoms with Crippen molar-refractivity contribution in [2.45, 2.75) is 26.0 Å². The van der Waals surface area contributed by atoms with Crippen molar-refractivity contribution in [3.05, 3.63) is 24.4 Å². The molecule has 18 heavy (non-hydrogen) atoms. The van der Waals surface area contributed by atoms with Crippen LogP contribution in [0.3, 0.4) is 0 Å². The predicted octanol–water partition coefficient (Wildman–Crippen LogP) is 0.884. The number of hydrogen-bond acceptors (Lipinski definition) is 3. The first kappa shape index (κ1) is 12.8. The largest absolute Gasteiger partial charge is 0.357 e. The average molecular weight is 250 g/mol. The van der Waals surface area contributed by atoms with E-state index in [0.717, 1.165) is 13.0 Å². The molecular weight excluding hydrogens is 232 g/mol. The molecule has 5 heteroatoms. The molecule has 0 aromatic carbocycles. The molecule has 0 radical (unpaired) electrons. The smallest absolute Gasteiger partial charge is 0.251 e. The molecule has 0 spiro atoms. The van der Waals surface area contributed by atoms with Crippen molar-refractivity contribution < 1.29 is 14.3 Å². The number of nitrogens with zero attached hydrogens (tertiary/aromatic N) is 2. The Balaban J connectivity index is 1.74. The first-order chi connectivity index (χ1) is 8.59. The molecule has 2 amide bonds. The van der Waals surface area contributed by atoms with E-state index in [1.807, 2.05) is 6.92 Å². The Hall–Kier alpha value is -1.62. The third-order valence-corrected chi connectivity index (χ3v) is 3.25. The maximum absolute atomic E-state index is 11.5. The van der Waals surface area contributed by atoms with Crippen molar-refractivity contribution in [3.63, 3.8) is 0 Å². The van der Waals surface area contributed by atoms with Gasteiger partial charge in [0, 0.05) is 31.3 Å². The van der Waals surface area contributed by atoms with Gasteiger partial charge in [0.25, 0.3) is 5.91 Å². The molecule has 1 fully saturated rings. The molecule has 1 saturated heterocycles. The van der Waals surface area contributed by atoms with Crippen LogP contribution in [0.4, 0.5) is 0 Å². The van der Waals surface area contributed by atoms with E-state index in [4.69, 9.17) is 4.74 Å². The summed E-state index contributed by atoms with van der Waals surface area (Å²) < 4.78 is 5.60. The van der Waals surface area contributed by atoms with Gasteiger partial charge in [0.1, 0.15) is 6.23 Å². The molecule has 1 unspecified atom stereocenters. The number of ether oxygens (including phenoxy) is 1. The Morgan fingerprint density at radius 3 is 2.78 bits per heavy atom. The van der Waals surface area contributed by atoms with Crippen LogP contribution in [-0.4, -0.2) is 47.5 Å². The van der Waals surface area contributed by atoms with Crippen LogP contribution < -0.4 is 0 Å². The van der Waals surface area contributed by atoms with Gasteiger partial charge in [-0.05, 0) is 19.4 Å². The van der Waals surface area contributed by atoms with Gasteiger partial charge >= 0.3 is 0 Å². The predicted molar refractivity (Wildman–Crippen MR) is 66.4 cm³/mol. The number of likely N-dealkylation sites (tertiary alicyclic amines) is 1. The van der Waals surface area contributed by atoms with E-state index < -0.39 is 0 Å². The fourth-order valence-electron chi connectivity index (χ4n) is 2.20. The van der Waals surface area contributed by atoms with Crippen LogP contribution in [0, 0.1) is 0 Å². The van der Waals surface area contributed by atoms with Gasteiger partial charge in [-0.3, -0.25) is 9.59 Å². The highest BCUT2D eigenvalue weighted by Gasteiger charge is 2.26. The first-order valence-electron chi connectivity index (χ1n) is 6.19. The lowest BCUT2D eigenvalue weighted by atomic mass is 10.4. The normalized spacial score (nSPS) is 21.3. The van der Waals surface area contributed by atoms with E-state index in [1.165, 1.54) is 6.08 Å². The summed E-state index contributed by atoms with van der Waals surface area (Å²) in [6.45, 7) is 7.26. The summed E-state index contributed by atoms with van der Waals surface area (Å²) >= 11 is 0. The third kappa shape index (κ3) is 2.61. The molecule has 0 aliphatic carbocycles. The van der Waals surface area contributed by atoms with E-state index in [0.29, 0.717) is 25.3 Å². The van der Waals surface area contributed by atoms with Gasteiger partial charge in [-0.1, -0.05) is 6.58 Å². The van der Waals surface area contributed by atoms with Crippen LogP contribution >= 0.6 is 0 Å². The molecule has 0 saturated carbocycles. The van der Waals surface area contributed by atoms with Crippen LogP contribution in [-0.2, 0) is 14.3 Å². The minimum atomic E-state index is -0.223. The molecule has 2 aliphatic rings. The Morgan fingerprint density at radius 1 is 1.44 bits per heavy atom. The van der Waals surface area contributed by atoms with E-state index >= 15 is 0 Å². The Kier molecular flexibility index (Phi) is 3.81. The topological polar surface area (TPSA) is 49.9 Å². The zero-order valence-electron chi connectivity index (χ0n) is 10.6. The van der Waals surface area contributed by atoms with Crippen molar-refractivity contribution in [2.75, 3.05) is 19.7 Å². The molecule has 2 aliphatic heterocycles. The van der Waals surface area contributed by atoms with Gasteiger partial charge in [0.05, 0.1) is 6.61 Å². The van der Waals surface area contributed by atoms with Crippen LogP contribution in [0.1, 0.15) is 19.8 Å². The van der Waals surface area contributed by atoms with Gasteiger partial charge in [-0.15, -0.1) is 0 Å². The summed E-state index contributed by atoms with van der Waals surface area (Å²) in [6, 6.07) is 0. The number of rotatable bonds is 5. The molecule has 0 bridgehead atoms. The van der Waals surface area contributed by atoms with Crippen molar-refractivity contribution in [1.29, 1.82) is 0 Å². The highest BCUT2D eigenvalue weighted by atomic mass is 16.5. The summed E-state index contributed by atoms with van der Waals surface area (Å²) in [5.74, 6) is 0.0827. The van der Waals surface area contributed by atoms with Gasteiger partial charge in [0.15, 0.2) is 0 Å². The van der Waals surface area contributed by atoms with Crippen molar-refractivity contribution in [2.24, 2.45) is 0 Å². The van der Waals surface area contributed by atoms with E-state index in [2.05, 4.69) is 6.58 Å². The van der Waals surface area contributed by atoms with E-state index in [-0.39, 0.29) is 18.0 Å². The molecule has 5 nitrogen and oxygen atoms in total. The van der Waals surface area contributed by atoms with Gasteiger partial charge in [-0.2, -0.15) is 0 Å². The fourth-order valence-corrected chi connectivity index (χ4v) is 2.20. The maximum Gasteiger partial charge on any atom is 0.251 e. The summed E-state index contributed by atoms with van der Waals surface area (Å²) in [7, 11) is 0. The quantitative estimate of drug-likeness (QED) is 0.728. The second-order valence-corrected chi connectivity index (χ2v) is 4.48. The average Bonchev–Trinajstić information content (AvgIpc) is 2.89. The Bertz CT molecular complexity index is 385. The molecule has 1 atom stereocenters. The van der Waals surface area contributed by atoms with Crippen LogP contribution in [0.25, 0.3) is 0 Å². The minimum absolute atomic E-state index is 0.0616. The highest BCUT2D eigenvalue weighted by molar-refractivity contribution is 5.92. The van der Waals surface area contributed by atoms with Gasteiger partial charge < -0.3 is 14.5 Å². The summed E-state index contributed by atoms with van der Waals surface area (Å²) in [6.07, 6.45) is 4.47. The van der Waals surface area contributed by atoms with Gasteiger partial charge in [0.2, 0.25) is 5.91 Å². The molecule has 2 rings (SSSR count). The number of carbonyl (C=O) groups excluding carboxylic acids is 2. The van der Waals surface area contributed by atoms with Crippen LogP contribution in [0.2, 0.25) is 0 Å². The summed E-state index contributed by atoms with van der Waals surface area (Å²) in [4.78, 5) is 26.2. The summed E-state index contributed by atoms with van der Waals surface area (Å²) in [5.41, 5.74) is 0.688. The molecule has 0 N–H and O–H groups in total. The second kappa shape index (κ2) is 5.35. The zero-order chi connectivity index (χ0) is 13.1. The second-order valence-electron chi connectivity index (χ2n) is 4.48. The van der Waals surface area contributed by atoms with Crippen molar-refractivity contribution >= 4 is 11.8 Å². The van der Waals surface area contributed by atoms with Gasteiger partial charge in [-0.25, -0.2) is 0 Å². The van der Waals surface area contributed by atoms with Crippen molar-refractivity contribution in [1.82, 2.24) is 9.80 Å². The fraction of sp³-hybridized carbons (Fsp3) is 0.538. The third-order valence-electron chi connectivity index (χ3n) is 3.25. The number of allylic oxidation sites excluding steroid dienone is 1. The number of carbonyl (C=O) groups is 2. The minimum Gasteiger partial charge on any atom is -0.357 e. The van der Waals surface area contributed by atoms with E-state index in [9.17, 15) is 9.59 Å². The lowest BCUT2D eigenvalue weighted by Crippen LogP contribution is -2.38. The lowest BCUT2D eigenvalue weighted by Gasteiger charge is -2.25. The molecule has 0 aromatic heterocycles. The lowest BCUT2D eigenvalue weighted by molar-refractivity contribution is -0.140. The first-order valence-corrected chi connectivity index (χ1v) is 6.19. The Morgan fingerprint density at radius 2 is 2.22 bits per heavy atom. The number of amides is 2. The zero-order valence-corrected chi connectivity index (χ0v) is 10.6. The SMILES string of the molecule is C=C1C=CC(=O)N1CCOC(C)N1CCCC1=O. The maximum atomic E-state index is 11.5. The number of hydrogen-bond donors (Lipinski definition) is 0. The Labute approximate surface area is 107 Å². The highest BCUT2D eigenvalue weighted by Crippen LogP contribution is 2.15. The van der Waals surface area contributed by atoms with E-state index in [1.54, 1.807) is 15.9 Å². The standard InChI is InChI=1S/C13H18N2O3/c1-10-5-6-13(17)14(10)8-9-18-11(2)15-7-3-4-12(15)16/h5-6,11H,1,3-4,7-9H2,2H3. The molecule has 2 heterocycles. The van der Waals surface area contributed by atoms with Crippen molar-refractivity contribution in [3.8, 4) is 0 Å². The monoisotopic (exact) mass is 250 g/mol. The van der Waals surface area contributed by atoms with Crippen LogP contribution in [0.5, 0.6) is 0 Å². The molecule has 0 aromatic rings.